The topological polar surface area (TPSA) is 305 Å². The minimum absolute atomic E-state index is 0.00227. The number of aliphatic hydroxyl groups excluding tert-OH is 1. The quantitative estimate of drug-likeness (QED) is 0.0799. The number of thioether (sulfide) groups is 1. The van der Waals surface area contributed by atoms with Gasteiger partial charge in [-0.2, -0.15) is 11.8 Å². The van der Waals surface area contributed by atoms with E-state index < -0.39 is 155 Å². The summed E-state index contributed by atoms with van der Waals surface area (Å²) < 4.78 is 0. The Morgan fingerprint density at radius 3 is 1.31 bits per heavy atom. The minimum atomic E-state index is -1.64. The van der Waals surface area contributed by atoms with Gasteiger partial charge in [0, 0.05) is 67.4 Å². The first-order valence-electron chi connectivity index (χ1n) is 32.3. The lowest BCUT2D eigenvalue weighted by Gasteiger charge is -2.41. The standard InChI is InChI=1S/C65H118N12O12S/c1-25-27-28-42(15)54(78)53-58(82)69-45(26-2)60(84)75(22)50(35-90-30-29-66)63(87)71(18)47(32-37(5)6)57(81)70-51(40(11)12)64(88)72(19)46(31-36(3)4)56(80)67-43(16)55(79)68-44(17)59(83)73(20)48(33-38(7)8)61(85)74(21)49(34-39(9)10)62(86)76(23)52(41(13)14)65(89)77(53)24/h25,27,36-54,78H,26,28-35,66H2,1-24H3,(H,67,80)(H,68,79)(H,69,82)(H,70,81)/t42-,43-,44+,45-,46-,47+,48-,49-,50-,51-,52-,53-,54-/m1/s1. The van der Waals surface area contributed by atoms with Crippen LogP contribution in [-0.4, -0.2) is 244 Å². The fraction of sp³-hybridized carbons (Fsp3) is 0.800. The number of carbonyl (C=O) groups is 11. The fourth-order valence-corrected chi connectivity index (χ4v) is 12.2. The third-order valence-corrected chi connectivity index (χ3v) is 18.0. The van der Waals surface area contributed by atoms with Gasteiger partial charge in [-0.15, -0.1) is 0 Å². The Bertz CT molecular complexity index is 2440. The average Bonchev–Trinajstić information content (AvgIpc) is 1.57. The first kappa shape index (κ1) is 82.2. The Morgan fingerprint density at radius 2 is 0.867 bits per heavy atom. The lowest BCUT2D eigenvalue weighted by Crippen LogP contribution is -2.64. The van der Waals surface area contributed by atoms with Crippen LogP contribution in [0.1, 0.15) is 156 Å². The van der Waals surface area contributed by atoms with Crippen molar-refractivity contribution in [2.75, 3.05) is 67.4 Å². The lowest BCUT2D eigenvalue weighted by molar-refractivity contribution is -0.157. The number of rotatable bonds is 19. The minimum Gasteiger partial charge on any atom is -0.390 e. The summed E-state index contributed by atoms with van der Waals surface area (Å²) in [5.41, 5.74) is 5.91. The molecule has 25 heteroatoms. The van der Waals surface area contributed by atoms with Gasteiger partial charge in [0.05, 0.1) is 6.10 Å². The van der Waals surface area contributed by atoms with Crippen LogP contribution in [0.5, 0.6) is 0 Å². The van der Waals surface area contributed by atoms with E-state index in [9.17, 15) is 33.9 Å². The van der Waals surface area contributed by atoms with Gasteiger partial charge >= 0.3 is 0 Å². The second-order valence-corrected chi connectivity index (χ2v) is 28.3. The van der Waals surface area contributed by atoms with Crippen LogP contribution in [0.4, 0.5) is 0 Å². The van der Waals surface area contributed by atoms with E-state index >= 15 is 24.0 Å². The van der Waals surface area contributed by atoms with E-state index in [1.807, 2.05) is 61.5 Å². The van der Waals surface area contributed by atoms with Gasteiger partial charge in [0.25, 0.3) is 0 Å². The fourth-order valence-electron chi connectivity index (χ4n) is 11.3. The summed E-state index contributed by atoms with van der Waals surface area (Å²) in [6, 6.07) is -13.8. The van der Waals surface area contributed by atoms with Gasteiger partial charge in [-0.1, -0.05) is 109 Å². The zero-order valence-electron chi connectivity index (χ0n) is 59.0. The monoisotopic (exact) mass is 1290 g/mol. The average molecular weight is 1290 g/mol. The zero-order chi connectivity index (χ0) is 69.7. The number of hydrogen-bond acceptors (Lipinski definition) is 14. The van der Waals surface area contributed by atoms with E-state index in [1.54, 1.807) is 54.5 Å². The van der Waals surface area contributed by atoms with Gasteiger partial charge in [-0.25, -0.2) is 0 Å². The number of allylic oxidation sites excluding steroid dienone is 2. The Morgan fingerprint density at radius 1 is 0.467 bits per heavy atom. The molecule has 0 unspecified atom stereocenters. The number of carbonyl (C=O) groups excluding carboxylic acids is 11. The molecule has 1 heterocycles. The van der Waals surface area contributed by atoms with E-state index in [0.29, 0.717) is 12.2 Å². The molecule has 0 aromatic carbocycles. The van der Waals surface area contributed by atoms with Crippen LogP contribution < -0.4 is 27.0 Å². The van der Waals surface area contributed by atoms with Gasteiger partial charge in [-0.3, -0.25) is 52.7 Å². The smallest absolute Gasteiger partial charge is 0.246 e. The molecule has 0 bridgehead atoms. The van der Waals surface area contributed by atoms with Crippen molar-refractivity contribution in [1.29, 1.82) is 0 Å². The summed E-state index contributed by atoms with van der Waals surface area (Å²) in [5.74, 6) is -9.45. The van der Waals surface area contributed by atoms with Crippen molar-refractivity contribution < 1.29 is 57.8 Å². The van der Waals surface area contributed by atoms with Crippen LogP contribution in [0.2, 0.25) is 0 Å². The lowest BCUT2D eigenvalue weighted by atomic mass is 9.91. The molecule has 516 valence electrons. The van der Waals surface area contributed by atoms with Crippen molar-refractivity contribution in [3.05, 3.63) is 12.2 Å². The van der Waals surface area contributed by atoms with Gasteiger partial charge in [0.2, 0.25) is 65.0 Å². The third kappa shape index (κ3) is 23.1. The number of nitrogens with zero attached hydrogens (tertiary/aromatic N) is 7. The van der Waals surface area contributed by atoms with E-state index in [-0.39, 0.29) is 68.1 Å². The second kappa shape index (κ2) is 38.3. The molecular weight excluding hydrogens is 1170 g/mol. The maximum Gasteiger partial charge on any atom is 0.246 e. The molecule has 0 saturated carbocycles. The van der Waals surface area contributed by atoms with E-state index in [4.69, 9.17) is 5.73 Å². The number of amides is 11. The number of nitrogens with one attached hydrogen (secondary N) is 4. The summed E-state index contributed by atoms with van der Waals surface area (Å²) >= 11 is 1.30. The normalized spacial score (nSPS) is 26.9. The molecule has 0 radical (unpaired) electrons. The number of likely N-dealkylation sites (N-methyl/N-ethyl adjacent to an activating group) is 7. The SMILES string of the molecule is CC=CC[C@@H](C)[C@@H](O)[C@@H]1C(=O)N[C@H](CC)C(=O)N(C)[C@H](CSCCN)C(=O)N(C)[C@@H](CC(C)C)C(=O)N[C@H](C(C)C)C(=O)N(C)[C@H](CC(C)C)C(=O)N[C@H](C)C(=O)N[C@@H](C)C(=O)N(C)[C@H](CC(C)C)C(=O)N(C)[C@H](CC(C)C)C(=O)N(C)[C@H](C(C)C)C(=O)N1C. The first-order valence-corrected chi connectivity index (χ1v) is 33.5. The van der Waals surface area contributed by atoms with Crippen molar-refractivity contribution >= 4 is 76.7 Å². The maximum absolute atomic E-state index is 15.3. The van der Waals surface area contributed by atoms with E-state index in [1.165, 1.54) is 104 Å². The first-order chi connectivity index (χ1) is 41.7. The molecule has 0 aromatic heterocycles. The Kier molecular flexibility index (Phi) is 34.9. The highest BCUT2D eigenvalue weighted by Gasteiger charge is 2.46. The Hall–Kier alpha value is -5.82. The van der Waals surface area contributed by atoms with E-state index in [2.05, 4.69) is 21.3 Å². The molecule has 13 atom stereocenters. The highest BCUT2D eigenvalue weighted by molar-refractivity contribution is 7.99. The zero-order valence-corrected chi connectivity index (χ0v) is 59.9. The van der Waals surface area contributed by atoms with E-state index in [0.717, 1.165) is 4.90 Å². The van der Waals surface area contributed by atoms with Crippen molar-refractivity contribution in [3.63, 3.8) is 0 Å². The highest BCUT2D eigenvalue weighted by Crippen LogP contribution is 2.26. The summed E-state index contributed by atoms with van der Waals surface area (Å²) in [6.45, 7) is 30.2. The summed E-state index contributed by atoms with van der Waals surface area (Å²) in [4.78, 5) is 172. The van der Waals surface area contributed by atoms with Crippen LogP contribution in [0.15, 0.2) is 12.2 Å². The molecule has 11 amide bonds. The number of nitrogens with two attached hydrogens (primary N) is 1. The van der Waals surface area contributed by atoms with Gasteiger partial charge in [0.15, 0.2) is 0 Å². The maximum atomic E-state index is 15.3. The highest BCUT2D eigenvalue weighted by atomic mass is 32.2. The molecule has 0 aromatic rings. The molecular formula is C65H118N12O12S. The molecule has 24 nitrogen and oxygen atoms in total. The van der Waals surface area contributed by atoms with Gasteiger partial charge < -0.3 is 66.4 Å². The Labute approximate surface area is 543 Å². The van der Waals surface area contributed by atoms with Crippen LogP contribution in [-0.2, 0) is 52.7 Å². The number of aliphatic hydroxyl groups is 1. The van der Waals surface area contributed by atoms with Crippen molar-refractivity contribution in [1.82, 2.24) is 55.6 Å². The van der Waals surface area contributed by atoms with Crippen LogP contribution in [0, 0.1) is 41.4 Å². The molecule has 1 rings (SSSR count). The molecule has 1 saturated heterocycles. The molecule has 1 fully saturated rings. The summed E-state index contributed by atoms with van der Waals surface area (Å²) in [6.07, 6.45) is 2.94. The second-order valence-electron chi connectivity index (χ2n) is 27.2. The predicted octanol–water partition coefficient (Wildman–Crippen LogP) is 3.33. The summed E-state index contributed by atoms with van der Waals surface area (Å²) in [5, 5.41) is 23.3. The molecule has 1 aliphatic heterocycles. The van der Waals surface area contributed by atoms with Crippen molar-refractivity contribution in [2.24, 2.45) is 47.2 Å². The molecule has 0 aliphatic carbocycles. The Balaban J connectivity index is 4.50. The predicted molar refractivity (Wildman–Crippen MR) is 354 cm³/mol. The number of hydrogen-bond donors (Lipinski definition) is 6. The third-order valence-electron chi connectivity index (χ3n) is 16.9. The largest absolute Gasteiger partial charge is 0.390 e. The molecule has 7 N–H and O–H groups in total. The summed E-state index contributed by atoms with van der Waals surface area (Å²) in [7, 11) is 10.0. The van der Waals surface area contributed by atoms with Crippen LogP contribution >= 0.6 is 11.8 Å². The molecule has 1 aliphatic rings. The van der Waals surface area contributed by atoms with Crippen molar-refractivity contribution in [2.45, 2.75) is 229 Å². The van der Waals surface area contributed by atoms with Crippen LogP contribution in [0.3, 0.4) is 0 Å². The van der Waals surface area contributed by atoms with Crippen molar-refractivity contribution in [3.8, 4) is 0 Å². The molecule has 90 heavy (non-hydrogen) atoms. The molecule has 0 spiro atoms. The van der Waals surface area contributed by atoms with Gasteiger partial charge in [-0.05, 0) is 101 Å². The van der Waals surface area contributed by atoms with Crippen LogP contribution in [0.25, 0.3) is 0 Å². The van der Waals surface area contributed by atoms with Gasteiger partial charge in [0.1, 0.15) is 66.5 Å².